The van der Waals surface area contributed by atoms with Crippen molar-refractivity contribution in [2.24, 2.45) is 0 Å². The van der Waals surface area contributed by atoms with Gasteiger partial charge in [0, 0.05) is 35.2 Å². The van der Waals surface area contributed by atoms with Crippen molar-refractivity contribution in [3.8, 4) is 17.6 Å². The van der Waals surface area contributed by atoms with Crippen LogP contribution in [-0.4, -0.2) is 42.2 Å². The molecule has 0 radical (unpaired) electrons. The summed E-state index contributed by atoms with van der Waals surface area (Å²) in [7, 11) is 1.65. The number of piperidine rings is 1. The van der Waals surface area contributed by atoms with Crippen LogP contribution >= 0.6 is 0 Å². The second kappa shape index (κ2) is 5.75. The second-order valence-electron chi connectivity index (χ2n) is 7.45. The van der Waals surface area contributed by atoms with E-state index in [9.17, 15) is 4.79 Å². The monoisotopic (exact) mass is 347 g/mol. The molecule has 5 rings (SSSR count). The Labute approximate surface area is 153 Å². The Bertz CT molecular complexity index is 886. The lowest BCUT2D eigenvalue weighted by Gasteiger charge is -2.38. The first-order valence-corrected chi connectivity index (χ1v) is 9.29. The van der Waals surface area contributed by atoms with Gasteiger partial charge in [0.25, 0.3) is 0 Å². The molecule has 3 heterocycles. The van der Waals surface area contributed by atoms with Crippen molar-refractivity contribution >= 4 is 5.97 Å². The molecule has 132 valence electrons. The Morgan fingerprint density at radius 3 is 2.88 bits per heavy atom. The smallest absolute Gasteiger partial charge is 0.332 e. The normalized spacial score (nSPS) is 31.8. The molecule has 2 fully saturated rings. The molecule has 26 heavy (non-hydrogen) atoms. The topological polar surface area (TPSA) is 38.8 Å². The van der Waals surface area contributed by atoms with Gasteiger partial charge >= 0.3 is 5.97 Å². The zero-order valence-corrected chi connectivity index (χ0v) is 14.8. The standard InChI is InChI=1S/C22H21NO3/c1-25-18-9-6-15(7-10-18)5-8-16-12-17-14-22(19(16)13-21(24)26-22)20-4-2-3-11-23(17)20/h6-7,9-10,12-13,17,20H,2-4,11,14H2,1H3/t17-,20-,22+/m1/s1. The average Bonchev–Trinajstić information content (AvgIpc) is 3.15. The molecule has 1 spiro atoms. The van der Waals surface area contributed by atoms with Gasteiger partial charge in [-0.2, -0.15) is 0 Å². The largest absolute Gasteiger partial charge is 0.497 e. The van der Waals surface area contributed by atoms with Gasteiger partial charge in [-0.15, -0.1) is 0 Å². The molecule has 0 unspecified atom stereocenters. The fourth-order valence-electron chi connectivity index (χ4n) is 4.98. The number of hydrogen-bond acceptors (Lipinski definition) is 4. The summed E-state index contributed by atoms with van der Waals surface area (Å²) in [5.41, 5.74) is 2.41. The minimum Gasteiger partial charge on any atom is -0.497 e. The quantitative estimate of drug-likeness (QED) is 0.578. The van der Waals surface area contributed by atoms with Crippen LogP contribution in [0.2, 0.25) is 0 Å². The highest BCUT2D eigenvalue weighted by atomic mass is 16.6. The van der Waals surface area contributed by atoms with E-state index in [1.807, 2.05) is 24.3 Å². The Morgan fingerprint density at radius 2 is 2.08 bits per heavy atom. The first kappa shape index (κ1) is 15.7. The highest BCUT2D eigenvalue weighted by Crippen LogP contribution is 2.53. The molecule has 2 saturated heterocycles. The number of nitrogens with zero attached hydrogens (tertiary/aromatic N) is 1. The molecule has 1 aromatic carbocycles. The summed E-state index contributed by atoms with van der Waals surface area (Å²) in [6.07, 6.45) is 8.30. The van der Waals surface area contributed by atoms with Gasteiger partial charge in [-0.1, -0.05) is 24.3 Å². The molecule has 3 aliphatic heterocycles. The maximum absolute atomic E-state index is 12.2. The highest BCUT2D eigenvalue weighted by molar-refractivity contribution is 5.90. The van der Waals surface area contributed by atoms with E-state index in [4.69, 9.17) is 9.47 Å². The lowest BCUT2D eigenvalue weighted by Crippen LogP contribution is -2.48. The van der Waals surface area contributed by atoms with Crippen molar-refractivity contribution in [3.63, 3.8) is 0 Å². The number of esters is 1. The van der Waals surface area contributed by atoms with Gasteiger partial charge in [-0.25, -0.2) is 4.79 Å². The Balaban J connectivity index is 1.52. The number of methoxy groups -OCH3 is 1. The van der Waals surface area contributed by atoms with Crippen LogP contribution in [0.3, 0.4) is 0 Å². The van der Waals surface area contributed by atoms with Crippen LogP contribution in [0.1, 0.15) is 31.2 Å². The molecule has 0 saturated carbocycles. The summed E-state index contributed by atoms with van der Waals surface area (Å²) in [6.45, 7) is 1.08. The number of hydrogen-bond donors (Lipinski definition) is 0. The summed E-state index contributed by atoms with van der Waals surface area (Å²) >= 11 is 0. The van der Waals surface area contributed by atoms with Crippen LogP contribution in [-0.2, 0) is 9.53 Å². The fraction of sp³-hybridized carbons (Fsp3) is 0.409. The molecule has 1 aromatic rings. The van der Waals surface area contributed by atoms with E-state index >= 15 is 0 Å². The SMILES string of the molecule is COc1ccc(C#CC2=C[C@@H]3C[C@@]4(OC(=O)C=C24)[C@H]2CCCCN32)cc1. The lowest BCUT2D eigenvalue weighted by molar-refractivity contribution is -0.148. The van der Waals surface area contributed by atoms with E-state index in [0.29, 0.717) is 12.1 Å². The summed E-state index contributed by atoms with van der Waals surface area (Å²) in [5, 5.41) is 0. The Hall–Kier alpha value is -2.51. The first-order valence-electron chi connectivity index (χ1n) is 9.29. The van der Waals surface area contributed by atoms with Gasteiger partial charge in [0.15, 0.2) is 5.60 Å². The third-order valence-corrected chi connectivity index (χ3v) is 6.10. The third-order valence-electron chi connectivity index (χ3n) is 6.10. The van der Waals surface area contributed by atoms with Crippen LogP contribution in [0.5, 0.6) is 5.75 Å². The molecule has 0 amide bonds. The Morgan fingerprint density at radius 1 is 1.23 bits per heavy atom. The predicted octanol–water partition coefficient (Wildman–Crippen LogP) is 2.84. The van der Waals surface area contributed by atoms with Crippen LogP contribution in [0.15, 0.2) is 47.6 Å². The molecule has 0 aromatic heterocycles. The van der Waals surface area contributed by atoms with Crippen LogP contribution in [0.4, 0.5) is 0 Å². The molecule has 0 N–H and O–H groups in total. The van der Waals surface area contributed by atoms with Crippen LogP contribution < -0.4 is 4.74 Å². The molecule has 3 atom stereocenters. The van der Waals surface area contributed by atoms with Crippen LogP contribution in [0, 0.1) is 11.8 Å². The maximum atomic E-state index is 12.2. The van der Waals surface area contributed by atoms with Crippen molar-refractivity contribution in [3.05, 3.63) is 53.1 Å². The first-order chi connectivity index (χ1) is 12.7. The van der Waals surface area contributed by atoms with E-state index in [1.54, 1.807) is 13.2 Å². The Kier molecular flexibility index (Phi) is 3.48. The third kappa shape index (κ3) is 2.24. The van der Waals surface area contributed by atoms with E-state index in [-0.39, 0.29) is 5.97 Å². The van der Waals surface area contributed by atoms with E-state index < -0.39 is 5.60 Å². The van der Waals surface area contributed by atoms with E-state index in [0.717, 1.165) is 41.8 Å². The number of carbonyl (C=O) groups excluding carboxylic acids is 1. The summed E-state index contributed by atoms with van der Waals surface area (Å²) < 4.78 is 11.1. The molecule has 4 nitrogen and oxygen atoms in total. The van der Waals surface area contributed by atoms with Gasteiger partial charge in [0.1, 0.15) is 5.75 Å². The van der Waals surface area contributed by atoms with E-state index in [1.165, 1.54) is 12.8 Å². The maximum Gasteiger partial charge on any atom is 0.332 e. The summed E-state index contributed by atoms with van der Waals surface area (Å²) in [6, 6.07) is 8.35. The zero-order valence-electron chi connectivity index (χ0n) is 14.8. The minimum atomic E-state index is -0.471. The summed E-state index contributed by atoms with van der Waals surface area (Å²) in [5.74, 6) is 7.16. The summed E-state index contributed by atoms with van der Waals surface area (Å²) in [4.78, 5) is 14.7. The number of fused-ring (bicyclic) bond motifs is 3. The second-order valence-corrected chi connectivity index (χ2v) is 7.45. The van der Waals surface area contributed by atoms with Crippen molar-refractivity contribution < 1.29 is 14.3 Å². The molecular formula is C22H21NO3. The number of ether oxygens (including phenoxy) is 2. The van der Waals surface area contributed by atoms with Crippen molar-refractivity contribution in [1.82, 2.24) is 4.90 Å². The van der Waals surface area contributed by atoms with E-state index in [2.05, 4.69) is 22.8 Å². The molecule has 2 bridgehead atoms. The number of benzene rings is 1. The van der Waals surface area contributed by atoms with Gasteiger partial charge < -0.3 is 9.47 Å². The average molecular weight is 347 g/mol. The zero-order chi connectivity index (χ0) is 17.7. The van der Waals surface area contributed by atoms with Crippen molar-refractivity contribution in [2.75, 3.05) is 13.7 Å². The van der Waals surface area contributed by atoms with Gasteiger partial charge in [-0.05, 0) is 43.7 Å². The van der Waals surface area contributed by atoms with Gasteiger partial charge in [0.2, 0.25) is 0 Å². The van der Waals surface area contributed by atoms with Crippen molar-refractivity contribution in [1.29, 1.82) is 0 Å². The number of rotatable bonds is 1. The predicted molar refractivity (Wildman–Crippen MR) is 97.6 cm³/mol. The molecule has 4 aliphatic rings. The molecule has 4 heteroatoms. The minimum absolute atomic E-state index is 0.217. The van der Waals surface area contributed by atoms with Gasteiger partial charge in [0.05, 0.1) is 13.2 Å². The number of carbonyl (C=O) groups is 1. The van der Waals surface area contributed by atoms with Gasteiger partial charge in [-0.3, -0.25) is 4.90 Å². The van der Waals surface area contributed by atoms with Crippen molar-refractivity contribution in [2.45, 2.75) is 43.4 Å². The fourth-order valence-corrected chi connectivity index (χ4v) is 4.98. The molecule has 1 aliphatic carbocycles. The highest BCUT2D eigenvalue weighted by Gasteiger charge is 2.61. The lowest BCUT2D eigenvalue weighted by atomic mass is 9.77. The molecular weight excluding hydrogens is 326 g/mol. The van der Waals surface area contributed by atoms with Crippen LogP contribution in [0.25, 0.3) is 0 Å².